The fourth-order valence-corrected chi connectivity index (χ4v) is 2.44. The van der Waals surface area contributed by atoms with Crippen LogP contribution in [-0.2, 0) is 9.53 Å². The minimum Gasteiger partial charge on any atom is -0.465 e. The van der Waals surface area contributed by atoms with E-state index in [1.807, 2.05) is 32.9 Å². The largest absolute Gasteiger partial charge is 0.465 e. The first-order valence-electron chi connectivity index (χ1n) is 7.06. The summed E-state index contributed by atoms with van der Waals surface area (Å²) in [7, 11) is 0. The van der Waals surface area contributed by atoms with Crippen molar-refractivity contribution < 1.29 is 14.3 Å². The summed E-state index contributed by atoms with van der Waals surface area (Å²) in [5.74, 6) is -0.269. The maximum Gasteiger partial charge on any atom is 0.325 e. The quantitative estimate of drug-likeness (QED) is 0.734. The van der Waals surface area contributed by atoms with Gasteiger partial charge in [0.1, 0.15) is 6.54 Å². The normalized spacial score (nSPS) is 10.6. The topological polar surface area (TPSA) is 46.6 Å². The third-order valence-electron chi connectivity index (χ3n) is 2.92. The Morgan fingerprint density at radius 3 is 2.57 bits per heavy atom. The van der Waals surface area contributed by atoms with Gasteiger partial charge in [0.15, 0.2) is 0 Å². The van der Waals surface area contributed by atoms with Crippen molar-refractivity contribution in [1.82, 2.24) is 4.90 Å². The van der Waals surface area contributed by atoms with E-state index >= 15 is 0 Å². The Bertz CT molecular complexity index is 514. The second kappa shape index (κ2) is 8.17. The van der Waals surface area contributed by atoms with Gasteiger partial charge in [-0.05, 0) is 47.3 Å². The number of carbonyl (C=O) groups excluding carboxylic acids is 2. The summed E-state index contributed by atoms with van der Waals surface area (Å²) in [6.07, 6.45) is 0. The van der Waals surface area contributed by atoms with E-state index in [9.17, 15) is 9.59 Å². The number of aryl methyl sites for hydroxylation is 1. The minimum absolute atomic E-state index is 0.0226. The lowest BCUT2D eigenvalue weighted by Crippen LogP contribution is -2.39. The predicted octanol–water partition coefficient (Wildman–Crippen LogP) is 3.42. The number of ether oxygens (including phenoxy) is 1. The molecule has 0 unspecified atom stereocenters. The van der Waals surface area contributed by atoms with Crippen LogP contribution in [0.15, 0.2) is 22.7 Å². The molecular formula is C16H22BrNO3. The Morgan fingerprint density at radius 1 is 1.33 bits per heavy atom. The van der Waals surface area contributed by atoms with Gasteiger partial charge in [-0.1, -0.05) is 26.0 Å². The molecule has 116 valence electrons. The van der Waals surface area contributed by atoms with Gasteiger partial charge in [-0.15, -0.1) is 0 Å². The molecule has 5 heteroatoms. The van der Waals surface area contributed by atoms with Crippen molar-refractivity contribution in [3.63, 3.8) is 0 Å². The zero-order chi connectivity index (χ0) is 16.0. The maximum atomic E-state index is 12.7. The molecule has 1 amide bonds. The number of halogens is 1. The predicted molar refractivity (Wildman–Crippen MR) is 86.3 cm³/mol. The maximum absolute atomic E-state index is 12.7. The van der Waals surface area contributed by atoms with Crippen LogP contribution in [0.2, 0.25) is 0 Å². The summed E-state index contributed by atoms with van der Waals surface area (Å²) in [5, 5.41) is 0. The molecule has 0 saturated heterocycles. The summed E-state index contributed by atoms with van der Waals surface area (Å²) < 4.78 is 5.72. The van der Waals surface area contributed by atoms with E-state index in [2.05, 4.69) is 15.9 Å². The Balaban J connectivity index is 2.99. The molecule has 0 aliphatic rings. The number of benzene rings is 1. The van der Waals surface area contributed by atoms with Crippen molar-refractivity contribution in [2.75, 3.05) is 19.7 Å². The van der Waals surface area contributed by atoms with Gasteiger partial charge in [-0.25, -0.2) is 0 Å². The lowest BCUT2D eigenvalue weighted by atomic mass is 10.1. The molecule has 0 heterocycles. The molecule has 0 N–H and O–H groups in total. The molecule has 0 aliphatic heterocycles. The van der Waals surface area contributed by atoms with Gasteiger partial charge in [0.05, 0.1) is 12.2 Å². The average Bonchev–Trinajstić information content (AvgIpc) is 2.40. The van der Waals surface area contributed by atoms with Crippen molar-refractivity contribution in [1.29, 1.82) is 0 Å². The highest BCUT2D eigenvalue weighted by molar-refractivity contribution is 9.10. The van der Waals surface area contributed by atoms with Crippen LogP contribution in [0.1, 0.15) is 36.7 Å². The Kier molecular flexibility index (Phi) is 6.89. The number of hydrogen-bond donors (Lipinski definition) is 0. The number of rotatable bonds is 6. The van der Waals surface area contributed by atoms with E-state index in [1.54, 1.807) is 17.9 Å². The van der Waals surface area contributed by atoms with E-state index < -0.39 is 0 Å². The van der Waals surface area contributed by atoms with Gasteiger partial charge in [0.25, 0.3) is 5.91 Å². The highest BCUT2D eigenvalue weighted by Gasteiger charge is 2.22. The van der Waals surface area contributed by atoms with Crippen LogP contribution in [0, 0.1) is 12.8 Å². The van der Waals surface area contributed by atoms with E-state index in [0.29, 0.717) is 18.7 Å². The smallest absolute Gasteiger partial charge is 0.325 e. The number of carbonyl (C=O) groups is 2. The van der Waals surface area contributed by atoms with Crippen LogP contribution in [-0.4, -0.2) is 36.5 Å². The highest BCUT2D eigenvalue weighted by Crippen LogP contribution is 2.22. The zero-order valence-corrected chi connectivity index (χ0v) is 14.6. The van der Waals surface area contributed by atoms with Gasteiger partial charge < -0.3 is 9.64 Å². The van der Waals surface area contributed by atoms with Crippen LogP contribution in [0.3, 0.4) is 0 Å². The molecular weight excluding hydrogens is 334 g/mol. The molecule has 21 heavy (non-hydrogen) atoms. The molecule has 0 saturated carbocycles. The summed E-state index contributed by atoms with van der Waals surface area (Å²) in [6.45, 7) is 8.51. The number of nitrogens with zero attached hydrogens (tertiary/aromatic N) is 1. The number of hydrogen-bond acceptors (Lipinski definition) is 3. The molecule has 0 spiro atoms. The van der Waals surface area contributed by atoms with Crippen molar-refractivity contribution in [3.05, 3.63) is 33.8 Å². The lowest BCUT2D eigenvalue weighted by molar-refractivity contribution is -0.143. The molecule has 0 aromatic heterocycles. The van der Waals surface area contributed by atoms with Gasteiger partial charge in [0.2, 0.25) is 0 Å². The average molecular weight is 356 g/mol. The van der Waals surface area contributed by atoms with Crippen molar-refractivity contribution in [2.24, 2.45) is 5.92 Å². The standard InChI is InChI=1S/C16H22BrNO3/c1-5-21-14(19)10-18(9-11(2)3)16(20)13-8-6-7-12(4)15(13)17/h6-8,11H,5,9-10H2,1-4H3. The molecule has 1 aromatic carbocycles. The van der Waals surface area contributed by atoms with Gasteiger partial charge in [0, 0.05) is 11.0 Å². The van der Waals surface area contributed by atoms with Gasteiger partial charge in [-0.2, -0.15) is 0 Å². The Morgan fingerprint density at radius 2 is 2.00 bits per heavy atom. The van der Waals surface area contributed by atoms with E-state index in [1.165, 1.54) is 0 Å². The van der Waals surface area contributed by atoms with Crippen LogP contribution < -0.4 is 0 Å². The summed E-state index contributed by atoms with van der Waals surface area (Å²) in [6, 6.07) is 5.53. The molecule has 1 aromatic rings. The first kappa shape index (κ1) is 17.7. The van der Waals surface area contributed by atoms with Gasteiger partial charge in [-0.3, -0.25) is 9.59 Å². The first-order valence-corrected chi connectivity index (χ1v) is 7.86. The molecule has 0 bridgehead atoms. The minimum atomic E-state index is -0.379. The molecule has 0 fully saturated rings. The van der Waals surface area contributed by atoms with Crippen molar-refractivity contribution >= 4 is 27.8 Å². The van der Waals surface area contributed by atoms with Crippen LogP contribution in [0.4, 0.5) is 0 Å². The van der Waals surface area contributed by atoms with Crippen LogP contribution in [0.5, 0.6) is 0 Å². The van der Waals surface area contributed by atoms with E-state index in [4.69, 9.17) is 4.74 Å². The summed E-state index contributed by atoms with van der Waals surface area (Å²) >= 11 is 3.45. The van der Waals surface area contributed by atoms with Gasteiger partial charge >= 0.3 is 5.97 Å². The highest BCUT2D eigenvalue weighted by atomic mass is 79.9. The molecule has 4 nitrogen and oxygen atoms in total. The SMILES string of the molecule is CCOC(=O)CN(CC(C)C)C(=O)c1cccc(C)c1Br. The first-order chi connectivity index (χ1) is 9.86. The fourth-order valence-electron chi connectivity index (χ4n) is 2.01. The van der Waals surface area contributed by atoms with Crippen LogP contribution >= 0.6 is 15.9 Å². The fraction of sp³-hybridized carbons (Fsp3) is 0.500. The second-order valence-electron chi connectivity index (χ2n) is 5.32. The van der Waals surface area contributed by atoms with Crippen molar-refractivity contribution in [3.8, 4) is 0 Å². The molecule has 0 atom stereocenters. The summed E-state index contributed by atoms with van der Waals surface area (Å²) in [5.41, 5.74) is 1.56. The Labute approximate surface area is 134 Å². The monoisotopic (exact) mass is 355 g/mol. The number of esters is 1. The zero-order valence-electron chi connectivity index (χ0n) is 13.0. The number of amides is 1. The van der Waals surface area contributed by atoms with E-state index in [-0.39, 0.29) is 24.3 Å². The van der Waals surface area contributed by atoms with Crippen LogP contribution in [0.25, 0.3) is 0 Å². The Hall–Kier alpha value is -1.36. The van der Waals surface area contributed by atoms with Crippen molar-refractivity contribution in [2.45, 2.75) is 27.7 Å². The second-order valence-corrected chi connectivity index (χ2v) is 6.11. The third kappa shape index (κ3) is 5.16. The summed E-state index contributed by atoms with van der Waals surface area (Å²) in [4.78, 5) is 25.9. The van der Waals surface area contributed by atoms with E-state index in [0.717, 1.165) is 10.0 Å². The molecule has 1 rings (SSSR count). The molecule has 0 aliphatic carbocycles. The third-order valence-corrected chi connectivity index (χ3v) is 3.97. The lowest BCUT2D eigenvalue weighted by Gasteiger charge is -2.24. The molecule has 0 radical (unpaired) electrons.